The molecule has 0 unspecified atom stereocenters. The monoisotopic (exact) mass is 187 g/mol. The summed E-state index contributed by atoms with van der Waals surface area (Å²) in [5, 5.41) is 10.8. The summed E-state index contributed by atoms with van der Waals surface area (Å²) in [7, 11) is 0. The lowest BCUT2D eigenvalue weighted by Crippen LogP contribution is -2.11. The van der Waals surface area contributed by atoms with E-state index in [2.05, 4.69) is 0 Å². The smallest absolute Gasteiger partial charge is 0.249 e. The Morgan fingerprint density at radius 1 is 1.07 bits per heavy atom. The van der Waals surface area contributed by atoms with E-state index in [1.54, 1.807) is 36.4 Å². The quantitative estimate of drug-likeness (QED) is 0.712. The third-order valence-corrected chi connectivity index (χ3v) is 2.16. The second-order valence-electron chi connectivity index (χ2n) is 3.04. The van der Waals surface area contributed by atoms with Gasteiger partial charge in [0.05, 0.1) is 0 Å². The van der Waals surface area contributed by atoms with E-state index in [0.717, 1.165) is 0 Å². The van der Waals surface area contributed by atoms with Gasteiger partial charge in [0, 0.05) is 10.9 Å². The number of nitrogens with two attached hydrogens (primary N) is 1. The van der Waals surface area contributed by atoms with Crippen LogP contribution in [0, 0.1) is 0 Å². The summed E-state index contributed by atoms with van der Waals surface area (Å²) in [4.78, 5) is 11.1. The SMILES string of the molecule is NC(=O)c1cccc2c(O)cccc12. The lowest BCUT2D eigenvalue weighted by molar-refractivity contribution is 0.100. The fourth-order valence-electron chi connectivity index (χ4n) is 1.51. The topological polar surface area (TPSA) is 63.3 Å². The maximum absolute atomic E-state index is 11.1. The van der Waals surface area contributed by atoms with Gasteiger partial charge in [0.15, 0.2) is 0 Å². The lowest BCUT2D eigenvalue weighted by Gasteiger charge is -2.03. The van der Waals surface area contributed by atoms with Crippen molar-refractivity contribution in [1.29, 1.82) is 0 Å². The Morgan fingerprint density at radius 2 is 1.71 bits per heavy atom. The minimum atomic E-state index is -0.485. The molecule has 3 nitrogen and oxygen atoms in total. The molecular formula is C11H9NO2. The molecule has 0 saturated heterocycles. The number of primary amides is 1. The Bertz CT molecular complexity index is 506. The predicted molar refractivity (Wildman–Crippen MR) is 54.1 cm³/mol. The predicted octanol–water partition coefficient (Wildman–Crippen LogP) is 1.64. The number of hydrogen-bond donors (Lipinski definition) is 2. The molecule has 0 aliphatic rings. The minimum absolute atomic E-state index is 0.158. The van der Waals surface area contributed by atoms with Gasteiger partial charge in [-0.1, -0.05) is 24.3 Å². The normalized spacial score (nSPS) is 10.3. The van der Waals surface area contributed by atoms with Crippen LogP contribution in [0.4, 0.5) is 0 Å². The Morgan fingerprint density at radius 3 is 2.43 bits per heavy atom. The molecule has 3 heteroatoms. The molecule has 2 rings (SSSR count). The van der Waals surface area contributed by atoms with Crippen molar-refractivity contribution in [2.24, 2.45) is 5.73 Å². The molecule has 3 N–H and O–H groups in total. The third kappa shape index (κ3) is 1.19. The lowest BCUT2D eigenvalue weighted by atomic mass is 10.0. The van der Waals surface area contributed by atoms with E-state index in [9.17, 15) is 9.90 Å². The number of benzene rings is 2. The zero-order valence-electron chi connectivity index (χ0n) is 7.40. The molecule has 0 fully saturated rings. The summed E-state index contributed by atoms with van der Waals surface area (Å²) in [6.45, 7) is 0. The molecule has 0 aliphatic carbocycles. The van der Waals surface area contributed by atoms with Crippen LogP contribution in [0.25, 0.3) is 10.8 Å². The summed E-state index contributed by atoms with van der Waals surface area (Å²) in [5.74, 6) is -0.327. The van der Waals surface area contributed by atoms with E-state index in [-0.39, 0.29) is 5.75 Å². The molecule has 1 amide bonds. The van der Waals surface area contributed by atoms with Crippen molar-refractivity contribution in [2.75, 3.05) is 0 Å². The summed E-state index contributed by atoms with van der Waals surface area (Å²) >= 11 is 0. The fraction of sp³-hybridized carbons (Fsp3) is 0. The van der Waals surface area contributed by atoms with Gasteiger partial charge in [0.25, 0.3) is 0 Å². The summed E-state index contributed by atoms with van der Waals surface area (Å²) in [6, 6.07) is 10.1. The molecule has 0 aliphatic heterocycles. The maximum Gasteiger partial charge on any atom is 0.249 e. The van der Waals surface area contributed by atoms with Crippen molar-refractivity contribution in [1.82, 2.24) is 0 Å². The molecule has 0 aromatic heterocycles. The molecule has 0 saturated carbocycles. The van der Waals surface area contributed by atoms with Gasteiger partial charge in [-0.2, -0.15) is 0 Å². The molecule has 0 spiro atoms. The molecule has 0 atom stereocenters. The van der Waals surface area contributed by atoms with Gasteiger partial charge in [0.1, 0.15) is 5.75 Å². The van der Waals surface area contributed by atoms with Gasteiger partial charge < -0.3 is 10.8 Å². The van der Waals surface area contributed by atoms with E-state index in [4.69, 9.17) is 5.73 Å². The highest BCUT2D eigenvalue weighted by Crippen LogP contribution is 2.26. The number of phenolic OH excluding ortho intramolecular Hbond substituents is 1. The van der Waals surface area contributed by atoms with Crippen molar-refractivity contribution >= 4 is 16.7 Å². The first kappa shape index (κ1) is 8.56. The summed E-state index contributed by atoms with van der Waals surface area (Å²) in [5.41, 5.74) is 5.64. The Kier molecular flexibility index (Phi) is 1.85. The highest BCUT2D eigenvalue weighted by molar-refractivity contribution is 6.07. The van der Waals surface area contributed by atoms with E-state index in [1.165, 1.54) is 0 Å². The first-order chi connectivity index (χ1) is 6.70. The molecule has 0 heterocycles. The van der Waals surface area contributed by atoms with Crippen LogP contribution in [0.3, 0.4) is 0 Å². The van der Waals surface area contributed by atoms with Crippen molar-refractivity contribution in [3.05, 3.63) is 42.0 Å². The first-order valence-electron chi connectivity index (χ1n) is 4.20. The van der Waals surface area contributed by atoms with Crippen LogP contribution >= 0.6 is 0 Å². The Balaban J connectivity index is 2.88. The first-order valence-corrected chi connectivity index (χ1v) is 4.20. The van der Waals surface area contributed by atoms with Crippen molar-refractivity contribution in [3.8, 4) is 5.75 Å². The van der Waals surface area contributed by atoms with E-state index >= 15 is 0 Å². The zero-order valence-corrected chi connectivity index (χ0v) is 7.40. The largest absolute Gasteiger partial charge is 0.507 e. The van der Waals surface area contributed by atoms with Gasteiger partial charge in [0.2, 0.25) is 5.91 Å². The summed E-state index contributed by atoms with van der Waals surface area (Å²) < 4.78 is 0. The van der Waals surface area contributed by atoms with Crippen LogP contribution in [0.15, 0.2) is 36.4 Å². The number of phenols is 1. The standard InChI is InChI=1S/C11H9NO2/c12-11(14)9-5-1-4-8-7(9)3-2-6-10(8)13/h1-6,13H,(H2,12,14). The van der Waals surface area contributed by atoms with E-state index in [1.807, 2.05) is 0 Å². The van der Waals surface area contributed by atoms with Crippen molar-refractivity contribution in [3.63, 3.8) is 0 Å². The Hall–Kier alpha value is -2.03. The van der Waals surface area contributed by atoms with Gasteiger partial charge in [-0.15, -0.1) is 0 Å². The number of fused-ring (bicyclic) bond motifs is 1. The van der Waals surface area contributed by atoms with E-state index < -0.39 is 5.91 Å². The maximum atomic E-state index is 11.1. The fourth-order valence-corrected chi connectivity index (χ4v) is 1.51. The average Bonchev–Trinajstić information content (AvgIpc) is 2.17. The Labute approximate surface area is 80.8 Å². The molecule has 2 aromatic rings. The number of hydrogen-bond acceptors (Lipinski definition) is 2. The molecule has 0 radical (unpaired) electrons. The second kappa shape index (κ2) is 3.03. The number of amides is 1. The van der Waals surface area contributed by atoms with Crippen LogP contribution in [0.2, 0.25) is 0 Å². The number of aromatic hydroxyl groups is 1. The van der Waals surface area contributed by atoms with Crippen LogP contribution in [0.5, 0.6) is 5.75 Å². The summed E-state index contributed by atoms with van der Waals surface area (Å²) in [6.07, 6.45) is 0. The van der Waals surface area contributed by atoms with Gasteiger partial charge in [-0.25, -0.2) is 0 Å². The average molecular weight is 187 g/mol. The molecule has 2 aromatic carbocycles. The number of carbonyl (C=O) groups is 1. The number of rotatable bonds is 1. The third-order valence-electron chi connectivity index (χ3n) is 2.16. The van der Waals surface area contributed by atoms with Crippen LogP contribution < -0.4 is 5.73 Å². The number of carbonyl (C=O) groups excluding carboxylic acids is 1. The van der Waals surface area contributed by atoms with Gasteiger partial charge >= 0.3 is 0 Å². The van der Waals surface area contributed by atoms with Gasteiger partial charge in [-0.05, 0) is 17.5 Å². The highest BCUT2D eigenvalue weighted by atomic mass is 16.3. The van der Waals surface area contributed by atoms with Crippen LogP contribution in [-0.4, -0.2) is 11.0 Å². The highest BCUT2D eigenvalue weighted by Gasteiger charge is 2.07. The van der Waals surface area contributed by atoms with Crippen LogP contribution in [-0.2, 0) is 0 Å². The van der Waals surface area contributed by atoms with E-state index in [0.29, 0.717) is 16.3 Å². The van der Waals surface area contributed by atoms with Crippen molar-refractivity contribution < 1.29 is 9.90 Å². The van der Waals surface area contributed by atoms with Crippen molar-refractivity contribution in [2.45, 2.75) is 0 Å². The van der Waals surface area contributed by atoms with Gasteiger partial charge in [-0.3, -0.25) is 4.79 Å². The zero-order chi connectivity index (χ0) is 10.1. The second-order valence-corrected chi connectivity index (χ2v) is 3.04. The molecule has 0 bridgehead atoms. The minimum Gasteiger partial charge on any atom is -0.507 e. The molecule has 14 heavy (non-hydrogen) atoms. The molecular weight excluding hydrogens is 178 g/mol. The molecule has 70 valence electrons. The van der Waals surface area contributed by atoms with Crippen LogP contribution in [0.1, 0.15) is 10.4 Å².